The Hall–Kier alpha value is -1.16. The third-order valence-electron chi connectivity index (χ3n) is 1.65. The van der Waals surface area contributed by atoms with Gasteiger partial charge in [0, 0.05) is 12.3 Å². The van der Waals surface area contributed by atoms with Crippen molar-refractivity contribution in [2.75, 3.05) is 5.32 Å². The molecule has 0 aliphatic heterocycles. The number of carbonyl (C=O) groups is 1. The van der Waals surface area contributed by atoms with Crippen LogP contribution in [0.25, 0.3) is 0 Å². The van der Waals surface area contributed by atoms with Crippen molar-refractivity contribution >= 4 is 27.5 Å². The molecule has 4 heteroatoms. The van der Waals surface area contributed by atoms with Gasteiger partial charge >= 0.3 is 0 Å². The summed E-state index contributed by atoms with van der Waals surface area (Å²) in [6.45, 7) is 5.68. The maximum Gasteiger partial charge on any atom is 0.248 e. The second kappa shape index (κ2) is 5.07. The Bertz CT molecular complexity index is 409. The van der Waals surface area contributed by atoms with Gasteiger partial charge in [0.1, 0.15) is 4.60 Å². The smallest absolute Gasteiger partial charge is 0.248 e. The van der Waals surface area contributed by atoms with Gasteiger partial charge in [-0.15, -0.1) is 0 Å². The summed E-state index contributed by atoms with van der Waals surface area (Å²) in [4.78, 5) is 15.5. The number of pyridine rings is 1. The zero-order chi connectivity index (χ0) is 11.4. The molecule has 15 heavy (non-hydrogen) atoms. The van der Waals surface area contributed by atoms with E-state index in [1.807, 2.05) is 26.8 Å². The highest BCUT2D eigenvalue weighted by Crippen LogP contribution is 2.20. The van der Waals surface area contributed by atoms with Crippen LogP contribution in [0.4, 0.5) is 5.69 Å². The summed E-state index contributed by atoms with van der Waals surface area (Å²) < 4.78 is 0.642. The van der Waals surface area contributed by atoms with Crippen molar-refractivity contribution < 1.29 is 4.79 Å². The van der Waals surface area contributed by atoms with Crippen LogP contribution in [0.1, 0.15) is 19.4 Å². The molecule has 80 valence electrons. The SMILES string of the molecule is CC(C)=CC(=O)Nc1cc(C)cnc1Br. The van der Waals surface area contributed by atoms with E-state index in [-0.39, 0.29) is 5.91 Å². The van der Waals surface area contributed by atoms with E-state index in [0.717, 1.165) is 11.1 Å². The summed E-state index contributed by atoms with van der Waals surface area (Å²) in [5.74, 6) is -0.136. The normalized spacial score (nSPS) is 9.60. The van der Waals surface area contributed by atoms with Gasteiger partial charge in [0.15, 0.2) is 0 Å². The quantitative estimate of drug-likeness (QED) is 0.662. The number of aryl methyl sites for hydroxylation is 1. The molecule has 0 saturated carbocycles. The molecule has 1 rings (SSSR count). The number of nitrogens with one attached hydrogen (secondary N) is 1. The first-order valence-electron chi connectivity index (χ1n) is 4.57. The Balaban J connectivity index is 2.85. The molecule has 0 atom stereocenters. The average molecular weight is 269 g/mol. The van der Waals surface area contributed by atoms with Crippen LogP contribution in [0.5, 0.6) is 0 Å². The van der Waals surface area contributed by atoms with Crippen LogP contribution in [0.15, 0.2) is 28.5 Å². The highest BCUT2D eigenvalue weighted by Gasteiger charge is 2.04. The van der Waals surface area contributed by atoms with Gasteiger partial charge in [-0.2, -0.15) is 0 Å². The van der Waals surface area contributed by atoms with Gasteiger partial charge in [0.05, 0.1) is 5.69 Å². The number of hydrogen-bond acceptors (Lipinski definition) is 2. The second-order valence-corrected chi connectivity index (χ2v) is 4.31. The molecular formula is C11H13BrN2O. The largest absolute Gasteiger partial charge is 0.320 e. The molecule has 1 heterocycles. The van der Waals surface area contributed by atoms with Crippen LogP contribution in [-0.2, 0) is 4.79 Å². The lowest BCUT2D eigenvalue weighted by molar-refractivity contribution is -0.111. The van der Waals surface area contributed by atoms with Crippen molar-refractivity contribution in [2.45, 2.75) is 20.8 Å². The van der Waals surface area contributed by atoms with Crippen molar-refractivity contribution in [1.82, 2.24) is 4.98 Å². The van der Waals surface area contributed by atoms with Crippen molar-refractivity contribution in [3.63, 3.8) is 0 Å². The Morgan fingerprint density at radius 2 is 2.20 bits per heavy atom. The minimum Gasteiger partial charge on any atom is -0.320 e. The molecule has 0 unspecified atom stereocenters. The molecule has 0 saturated heterocycles. The number of halogens is 1. The first-order chi connectivity index (χ1) is 6.99. The molecule has 0 aliphatic carbocycles. The first kappa shape index (κ1) is 11.9. The second-order valence-electron chi connectivity index (χ2n) is 3.56. The molecule has 1 aromatic rings. The zero-order valence-electron chi connectivity index (χ0n) is 8.97. The maximum atomic E-state index is 11.5. The lowest BCUT2D eigenvalue weighted by Crippen LogP contribution is -2.09. The van der Waals surface area contributed by atoms with E-state index in [0.29, 0.717) is 10.3 Å². The highest BCUT2D eigenvalue weighted by atomic mass is 79.9. The number of carbonyl (C=O) groups excluding carboxylic acids is 1. The summed E-state index contributed by atoms with van der Waals surface area (Å²) in [5.41, 5.74) is 2.66. The first-order valence-corrected chi connectivity index (χ1v) is 5.36. The summed E-state index contributed by atoms with van der Waals surface area (Å²) in [6.07, 6.45) is 3.29. The standard InChI is InChI=1S/C11H13BrN2O/c1-7(2)4-10(15)14-9-5-8(3)6-13-11(9)12/h4-6H,1-3H3,(H,14,15). The number of aromatic nitrogens is 1. The van der Waals surface area contributed by atoms with Crippen molar-refractivity contribution in [1.29, 1.82) is 0 Å². The van der Waals surface area contributed by atoms with Crippen LogP contribution >= 0.6 is 15.9 Å². The third-order valence-corrected chi connectivity index (χ3v) is 2.29. The van der Waals surface area contributed by atoms with Crippen LogP contribution in [0, 0.1) is 6.92 Å². The summed E-state index contributed by atoms with van der Waals surface area (Å²) >= 11 is 3.28. The van der Waals surface area contributed by atoms with E-state index in [9.17, 15) is 4.79 Å². The summed E-state index contributed by atoms with van der Waals surface area (Å²) in [6, 6.07) is 1.87. The van der Waals surface area contributed by atoms with Crippen LogP contribution in [0.2, 0.25) is 0 Å². The number of nitrogens with zero attached hydrogens (tertiary/aromatic N) is 1. The Kier molecular flexibility index (Phi) is 4.03. The van der Waals surface area contributed by atoms with Gasteiger partial charge in [0.2, 0.25) is 5.91 Å². The monoisotopic (exact) mass is 268 g/mol. The number of rotatable bonds is 2. The molecule has 1 aromatic heterocycles. The number of allylic oxidation sites excluding steroid dienone is 1. The molecule has 0 radical (unpaired) electrons. The van der Waals surface area contributed by atoms with E-state index in [1.54, 1.807) is 12.3 Å². The minimum absolute atomic E-state index is 0.136. The van der Waals surface area contributed by atoms with E-state index in [4.69, 9.17) is 0 Å². The zero-order valence-corrected chi connectivity index (χ0v) is 10.6. The van der Waals surface area contributed by atoms with Crippen molar-refractivity contribution in [2.24, 2.45) is 0 Å². The topological polar surface area (TPSA) is 42.0 Å². The lowest BCUT2D eigenvalue weighted by atomic mass is 10.3. The van der Waals surface area contributed by atoms with E-state index < -0.39 is 0 Å². The molecule has 0 fully saturated rings. The van der Waals surface area contributed by atoms with Gasteiger partial charge in [-0.05, 0) is 48.3 Å². The molecule has 0 bridgehead atoms. The van der Waals surface area contributed by atoms with E-state index >= 15 is 0 Å². The molecule has 0 aliphatic rings. The Labute approximate surface area is 97.7 Å². The number of amides is 1. The Morgan fingerprint density at radius 3 is 2.80 bits per heavy atom. The molecule has 1 amide bonds. The summed E-state index contributed by atoms with van der Waals surface area (Å²) in [7, 11) is 0. The van der Waals surface area contributed by atoms with Crippen LogP contribution in [-0.4, -0.2) is 10.9 Å². The van der Waals surface area contributed by atoms with Crippen LogP contribution in [0.3, 0.4) is 0 Å². The molecule has 0 aromatic carbocycles. The van der Waals surface area contributed by atoms with Crippen molar-refractivity contribution in [3.05, 3.63) is 34.1 Å². The average Bonchev–Trinajstić information content (AvgIpc) is 2.10. The van der Waals surface area contributed by atoms with Gasteiger partial charge < -0.3 is 5.32 Å². The predicted molar refractivity (Wildman–Crippen MR) is 64.7 cm³/mol. The van der Waals surface area contributed by atoms with Gasteiger partial charge in [-0.25, -0.2) is 4.98 Å². The van der Waals surface area contributed by atoms with E-state index in [1.165, 1.54) is 0 Å². The van der Waals surface area contributed by atoms with E-state index in [2.05, 4.69) is 26.2 Å². The molecular weight excluding hydrogens is 256 g/mol. The van der Waals surface area contributed by atoms with Gasteiger partial charge in [-0.3, -0.25) is 4.79 Å². The maximum absolute atomic E-state index is 11.5. The van der Waals surface area contributed by atoms with Crippen LogP contribution < -0.4 is 5.32 Å². The van der Waals surface area contributed by atoms with Gasteiger partial charge in [-0.1, -0.05) is 5.57 Å². The summed E-state index contributed by atoms with van der Waals surface area (Å²) in [5, 5.41) is 2.76. The number of hydrogen-bond donors (Lipinski definition) is 1. The van der Waals surface area contributed by atoms with Crippen molar-refractivity contribution in [3.8, 4) is 0 Å². The molecule has 0 spiro atoms. The fraction of sp³-hybridized carbons (Fsp3) is 0.273. The third kappa shape index (κ3) is 3.83. The van der Waals surface area contributed by atoms with Gasteiger partial charge in [0.25, 0.3) is 0 Å². The Morgan fingerprint density at radius 1 is 1.53 bits per heavy atom. The minimum atomic E-state index is -0.136. The lowest BCUT2D eigenvalue weighted by Gasteiger charge is -2.05. The molecule has 3 nitrogen and oxygen atoms in total. The predicted octanol–water partition coefficient (Wildman–Crippen LogP) is 3.06. The highest BCUT2D eigenvalue weighted by molar-refractivity contribution is 9.10. The fourth-order valence-electron chi connectivity index (χ4n) is 1.07. The fourth-order valence-corrected chi connectivity index (χ4v) is 1.39. The molecule has 1 N–H and O–H groups in total. The number of anilines is 1.